The molecule has 110 valence electrons. The Balaban J connectivity index is 1.89. The maximum Gasteiger partial charge on any atom is 0.258 e. The Morgan fingerprint density at radius 3 is 2.76 bits per heavy atom. The zero-order valence-corrected chi connectivity index (χ0v) is 12.4. The number of hydrogen-bond donors (Lipinski definition) is 2. The van der Waals surface area contributed by atoms with Crippen molar-refractivity contribution in [2.24, 2.45) is 0 Å². The molecule has 1 amide bonds. The van der Waals surface area contributed by atoms with Gasteiger partial charge in [0.1, 0.15) is 5.75 Å². The number of benzene rings is 2. The largest absolute Gasteiger partial charge is 0.484 e. The number of nitrogen functional groups attached to an aromatic ring is 1. The van der Waals surface area contributed by atoms with E-state index < -0.39 is 0 Å². The minimum atomic E-state index is -0.218. The summed E-state index contributed by atoms with van der Waals surface area (Å²) in [5, 5.41) is 3.47. The van der Waals surface area contributed by atoms with E-state index in [9.17, 15) is 4.79 Å². The van der Waals surface area contributed by atoms with E-state index in [1.54, 1.807) is 30.3 Å². The number of amides is 1. The molecule has 3 N–H and O–H groups in total. The van der Waals surface area contributed by atoms with Crippen LogP contribution >= 0.6 is 11.6 Å². The number of carbonyl (C=O) groups is 1. The van der Waals surface area contributed by atoms with Gasteiger partial charge in [0.15, 0.2) is 6.61 Å². The summed E-state index contributed by atoms with van der Waals surface area (Å²) in [5.41, 5.74) is 7.11. The number of anilines is 1. The lowest BCUT2D eigenvalue weighted by Gasteiger charge is -2.16. The van der Waals surface area contributed by atoms with Gasteiger partial charge in [0.25, 0.3) is 5.91 Å². The summed E-state index contributed by atoms with van der Waals surface area (Å²) in [6.45, 7) is 1.80. The first kappa shape index (κ1) is 15.2. The molecule has 0 saturated heterocycles. The summed E-state index contributed by atoms with van der Waals surface area (Å²) < 4.78 is 5.39. The van der Waals surface area contributed by atoms with Gasteiger partial charge in [-0.1, -0.05) is 35.9 Å². The van der Waals surface area contributed by atoms with E-state index in [1.807, 2.05) is 25.1 Å². The summed E-state index contributed by atoms with van der Waals surface area (Å²) >= 11 is 6.10. The fourth-order valence-corrected chi connectivity index (χ4v) is 2.24. The van der Waals surface area contributed by atoms with Gasteiger partial charge < -0.3 is 15.8 Å². The summed E-state index contributed by atoms with van der Waals surface area (Å²) in [6, 6.07) is 14.2. The van der Waals surface area contributed by atoms with Crippen molar-refractivity contribution in [3.63, 3.8) is 0 Å². The molecule has 0 saturated carbocycles. The van der Waals surface area contributed by atoms with E-state index in [1.165, 1.54) is 0 Å². The molecule has 0 bridgehead atoms. The van der Waals surface area contributed by atoms with Crippen molar-refractivity contribution in [2.45, 2.75) is 13.0 Å². The predicted molar refractivity (Wildman–Crippen MR) is 84.4 cm³/mol. The van der Waals surface area contributed by atoms with Gasteiger partial charge in [-0.15, -0.1) is 0 Å². The van der Waals surface area contributed by atoms with E-state index in [2.05, 4.69) is 5.32 Å². The molecule has 0 aliphatic heterocycles. The number of nitrogens with two attached hydrogens (primary N) is 1. The molecule has 0 radical (unpaired) electrons. The lowest BCUT2D eigenvalue weighted by molar-refractivity contribution is -0.123. The molecular weight excluding hydrogens is 288 g/mol. The van der Waals surface area contributed by atoms with Crippen LogP contribution in [0.25, 0.3) is 0 Å². The van der Waals surface area contributed by atoms with Crippen LogP contribution in [0.5, 0.6) is 5.75 Å². The average Bonchev–Trinajstić information content (AvgIpc) is 2.45. The molecular formula is C16H17ClN2O2. The van der Waals surface area contributed by atoms with Gasteiger partial charge in [0, 0.05) is 16.8 Å². The number of ether oxygens (including phenoxy) is 1. The fraction of sp³-hybridized carbons (Fsp3) is 0.188. The summed E-state index contributed by atoms with van der Waals surface area (Å²) in [5.74, 6) is 0.348. The van der Waals surface area contributed by atoms with E-state index in [-0.39, 0.29) is 18.6 Å². The third-order valence-electron chi connectivity index (χ3n) is 2.98. The molecule has 0 fully saturated rings. The highest BCUT2D eigenvalue weighted by atomic mass is 35.5. The van der Waals surface area contributed by atoms with Crippen LogP contribution in [-0.4, -0.2) is 12.5 Å². The fourth-order valence-electron chi connectivity index (χ4n) is 1.94. The van der Waals surface area contributed by atoms with E-state index in [0.717, 1.165) is 5.56 Å². The van der Waals surface area contributed by atoms with E-state index >= 15 is 0 Å². The first-order valence-corrected chi connectivity index (χ1v) is 6.96. The van der Waals surface area contributed by atoms with Crippen molar-refractivity contribution < 1.29 is 9.53 Å². The van der Waals surface area contributed by atoms with Gasteiger partial charge in [0.05, 0.1) is 6.04 Å². The highest BCUT2D eigenvalue weighted by Crippen LogP contribution is 2.22. The third-order valence-corrected chi connectivity index (χ3v) is 3.32. The Kier molecular flexibility index (Phi) is 5.06. The molecule has 0 aromatic heterocycles. The summed E-state index contributed by atoms with van der Waals surface area (Å²) in [4.78, 5) is 11.9. The average molecular weight is 305 g/mol. The van der Waals surface area contributed by atoms with Gasteiger partial charge in [-0.2, -0.15) is 0 Å². The molecule has 0 aliphatic rings. The second-order valence-electron chi connectivity index (χ2n) is 4.67. The first-order chi connectivity index (χ1) is 10.1. The van der Waals surface area contributed by atoms with Crippen molar-refractivity contribution in [2.75, 3.05) is 12.3 Å². The summed E-state index contributed by atoms with van der Waals surface area (Å²) in [6.07, 6.45) is 0. The van der Waals surface area contributed by atoms with Gasteiger partial charge in [0.2, 0.25) is 0 Å². The maximum atomic E-state index is 11.9. The zero-order chi connectivity index (χ0) is 15.2. The van der Waals surface area contributed by atoms with Crippen LogP contribution in [0.4, 0.5) is 5.69 Å². The number of hydrogen-bond acceptors (Lipinski definition) is 3. The Morgan fingerprint density at radius 2 is 2.05 bits per heavy atom. The Hall–Kier alpha value is -2.20. The van der Waals surface area contributed by atoms with E-state index in [4.69, 9.17) is 22.1 Å². The Labute approximate surface area is 128 Å². The number of carbonyl (C=O) groups excluding carboxylic acids is 1. The Bertz CT molecular complexity index is 631. The van der Waals surface area contributed by atoms with Crippen molar-refractivity contribution >= 4 is 23.2 Å². The number of halogens is 1. The molecule has 1 atom stereocenters. The van der Waals surface area contributed by atoms with Crippen LogP contribution in [0.2, 0.25) is 5.02 Å². The quantitative estimate of drug-likeness (QED) is 0.834. The lowest BCUT2D eigenvalue weighted by Crippen LogP contribution is -2.31. The van der Waals surface area contributed by atoms with Crippen LogP contribution in [0.15, 0.2) is 48.5 Å². The normalized spacial score (nSPS) is 11.7. The monoisotopic (exact) mass is 304 g/mol. The lowest BCUT2D eigenvalue weighted by atomic mass is 10.1. The molecule has 0 spiro atoms. The second-order valence-corrected chi connectivity index (χ2v) is 5.08. The minimum Gasteiger partial charge on any atom is -0.484 e. The van der Waals surface area contributed by atoms with Gasteiger partial charge in [-0.3, -0.25) is 4.79 Å². The number of nitrogens with one attached hydrogen (secondary N) is 1. The molecule has 0 aliphatic carbocycles. The standard InChI is InChI=1S/C16H17ClN2O2/c1-11(14-7-2-3-8-15(14)17)19-16(20)10-21-13-6-4-5-12(18)9-13/h2-9,11H,10,18H2,1H3,(H,19,20). The third kappa shape index (κ3) is 4.39. The smallest absolute Gasteiger partial charge is 0.258 e. The molecule has 5 heteroatoms. The maximum absolute atomic E-state index is 11.9. The van der Waals surface area contributed by atoms with Gasteiger partial charge in [-0.25, -0.2) is 0 Å². The Morgan fingerprint density at radius 1 is 1.29 bits per heavy atom. The van der Waals surface area contributed by atoms with Crippen molar-refractivity contribution in [1.29, 1.82) is 0 Å². The van der Waals surface area contributed by atoms with Gasteiger partial charge >= 0.3 is 0 Å². The first-order valence-electron chi connectivity index (χ1n) is 6.58. The minimum absolute atomic E-state index is 0.0712. The van der Waals surface area contributed by atoms with Crippen molar-refractivity contribution in [1.82, 2.24) is 5.32 Å². The molecule has 4 nitrogen and oxygen atoms in total. The van der Waals surface area contributed by atoms with Crippen LogP contribution < -0.4 is 15.8 Å². The van der Waals surface area contributed by atoms with Crippen LogP contribution in [0.1, 0.15) is 18.5 Å². The SMILES string of the molecule is CC(NC(=O)COc1cccc(N)c1)c1ccccc1Cl. The topological polar surface area (TPSA) is 64.3 Å². The number of rotatable bonds is 5. The highest BCUT2D eigenvalue weighted by molar-refractivity contribution is 6.31. The zero-order valence-electron chi connectivity index (χ0n) is 11.7. The molecule has 0 heterocycles. The van der Waals surface area contributed by atoms with Crippen molar-refractivity contribution in [3.8, 4) is 5.75 Å². The molecule has 2 aromatic rings. The molecule has 21 heavy (non-hydrogen) atoms. The summed E-state index contributed by atoms with van der Waals surface area (Å²) in [7, 11) is 0. The second kappa shape index (κ2) is 6.99. The van der Waals surface area contributed by atoms with E-state index in [0.29, 0.717) is 16.5 Å². The van der Waals surface area contributed by atoms with Crippen LogP contribution in [0, 0.1) is 0 Å². The molecule has 2 rings (SSSR count). The molecule has 2 aromatic carbocycles. The molecule has 1 unspecified atom stereocenters. The predicted octanol–water partition coefficient (Wildman–Crippen LogP) is 3.18. The van der Waals surface area contributed by atoms with Crippen molar-refractivity contribution in [3.05, 3.63) is 59.1 Å². The van der Waals surface area contributed by atoms with Crippen LogP contribution in [0.3, 0.4) is 0 Å². The van der Waals surface area contributed by atoms with Gasteiger partial charge in [-0.05, 0) is 30.7 Å². The highest BCUT2D eigenvalue weighted by Gasteiger charge is 2.12. The van der Waals surface area contributed by atoms with Crippen LogP contribution in [-0.2, 0) is 4.79 Å².